The van der Waals surface area contributed by atoms with Gasteiger partial charge in [0, 0.05) is 12.1 Å². The van der Waals surface area contributed by atoms with Crippen LogP contribution in [0.25, 0.3) is 5.76 Å². The molecular formula is C27H33NO4. The van der Waals surface area contributed by atoms with Crippen molar-refractivity contribution >= 4 is 17.4 Å². The van der Waals surface area contributed by atoms with Gasteiger partial charge in [-0.15, -0.1) is 0 Å². The molecule has 1 N–H and O–H groups in total. The van der Waals surface area contributed by atoms with E-state index in [4.69, 9.17) is 4.74 Å². The molecule has 0 aliphatic carbocycles. The average Bonchev–Trinajstić information content (AvgIpc) is 3.00. The minimum atomic E-state index is -0.635. The molecular weight excluding hydrogens is 402 g/mol. The van der Waals surface area contributed by atoms with E-state index in [1.54, 1.807) is 11.0 Å². The van der Waals surface area contributed by atoms with E-state index in [0.29, 0.717) is 12.1 Å². The van der Waals surface area contributed by atoms with Crippen LogP contribution < -0.4 is 4.74 Å². The van der Waals surface area contributed by atoms with Gasteiger partial charge in [-0.3, -0.25) is 9.59 Å². The molecule has 3 rings (SSSR count). The Kier molecular flexibility index (Phi) is 7.39. The smallest absolute Gasteiger partial charge is 0.295 e. The Morgan fingerprint density at radius 3 is 2.31 bits per heavy atom. The van der Waals surface area contributed by atoms with Gasteiger partial charge in [0.2, 0.25) is 0 Å². The van der Waals surface area contributed by atoms with Crippen LogP contribution in [0.15, 0.2) is 48.0 Å². The first-order valence-corrected chi connectivity index (χ1v) is 11.4. The van der Waals surface area contributed by atoms with Gasteiger partial charge in [0.1, 0.15) is 11.5 Å². The average molecular weight is 436 g/mol. The molecule has 1 fully saturated rings. The fraction of sp³-hybridized carbons (Fsp3) is 0.407. The molecule has 2 aromatic rings. The number of carbonyl (C=O) groups excluding carboxylic acids is 2. The summed E-state index contributed by atoms with van der Waals surface area (Å²) in [5.41, 5.74) is 3.58. The topological polar surface area (TPSA) is 66.8 Å². The molecule has 5 nitrogen and oxygen atoms in total. The molecule has 0 bridgehead atoms. The molecule has 170 valence electrons. The molecule has 5 heteroatoms. The largest absolute Gasteiger partial charge is 0.507 e. The van der Waals surface area contributed by atoms with Crippen molar-refractivity contribution in [3.8, 4) is 5.75 Å². The normalized spacial score (nSPS) is 17.9. The van der Waals surface area contributed by atoms with Crippen LogP contribution in [-0.4, -0.2) is 34.3 Å². The van der Waals surface area contributed by atoms with E-state index in [1.165, 1.54) is 0 Å². The van der Waals surface area contributed by atoms with Crippen molar-refractivity contribution in [3.63, 3.8) is 0 Å². The number of aliphatic hydroxyl groups is 1. The number of Topliss-reactive ketones (excluding diaryl/α,β-unsaturated/α-hetero) is 1. The summed E-state index contributed by atoms with van der Waals surface area (Å²) in [6, 6.07) is 12.4. The maximum atomic E-state index is 13.1. The molecule has 32 heavy (non-hydrogen) atoms. The summed E-state index contributed by atoms with van der Waals surface area (Å²) in [6.45, 7) is 10.4. The number of likely N-dealkylation sites (tertiary alicyclic amines) is 1. The predicted octanol–water partition coefficient (Wildman–Crippen LogP) is 5.70. The second kappa shape index (κ2) is 10.0. The first-order chi connectivity index (χ1) is 15.2. The zero-order valence-corrected chi connectivity index (χ0v) is 19.6. The lowest BCUT2D eigenvalue weighted by Crippen LogP contribution is -2.30. The SMILES string of the molecule is CCCCCN1C(=O)C(=O)/C(=C(\O)c2ccc(C)c(C)c2)C1c1ccc(OC(C)C)cc1. The number of hydrogen-bond donors (Lipinski definition) is 1. The number of aliphatic hydroxyl groups excluding tert-OH is 1. The van der Waals surface area contributed by atoms with Gasteiger partial charge < -0.3 is 14.7 Å². The highest BCUT2D eigenvalue weighted by Crippen LogP contribution is 2.40. The standard InChI is InChI=1S/C27H33NO4/c1-6-7-8-15-28-24(20-11-13-22(14-12-20)32-17(2)3)23(26(30)27(28)31)25(29)21-10-9-18(4)19(5)16-21/h9-14,16-17,24,29H,6-8,15H2,1-5H3/b25-23-. The zero-order valence-electron chi connectivity index (χ0n) is 19.6. The Morgan fingerprint density at radius 1 is 1.03 bits per heavy atom. The van der Waals surface area contributed by atoms with E-state index in [0.717, 1.165) is 41.7 Å². The van der Waals surface area contributed by atoms with Crippen molar-refractivity contribution in [2.45, 2.75) is 66.0 Å². The number of carbonyl (C=O) groups is 2. The maximum Gasteiger partial charge on any atom is 0.295 e. The first kappa shape index (κ1) is 23.6. The Morgan fingerprint density at radius 2 is 1.72 bits per heavy atom. The van der Waals surface area contributed by atoms with E-state index < -0.39 is 17.7 Å². The van der Waals surface area contributed by atoms with E-state index >= 15 is 0 Å². The van der Waals surface area contributed by atoms with Crippen LogP contribution >= 0.6 is 0 Å². The summed E-state index contributed by atoms with van der Waals surface area (Å²) in [6.07, 6.45) is 2.83. The van der Waals surface area contributed by atoms with Crippen LogP contribution in [0.1, 0.15) is 68.3 Å². The minimum Gasteiger partial charge on any atom is -0.507 e. The predicted molar refractivity (Wildman–Crippen MR) is 127 cm³/mol. The molecule has 0 aromatic heterocycles. The Labute approximate surface area is 190 Å². The monoisotopic (exact) mass is 435 g/mol. The Balaban J connectivity index is 2.09. The summed E-state index contributed by atoms with van der Waals surface area (Å²) in [4.78, 5) is 27.6. The number of rotatable bonds is 8. The fourth-order valence-corrected chi connectivity index (χ4v) is 4.03. The number of ketones is 1. The third-order valence-electron chi connectivity index (χ3n) is 5.89. The number of nitrogens with zero attached hydrogens (tertiary/aromatic N) is 1. The van der Waals surface area contributed by atoms with Gasteiger partial charge >= 0.3 is 0 Å². The second-order valence-electron chi connectivity index (χ2n) is 8.73. The van der Waals surface area contributed by atoms with Gasteiger partial charge in [0.05, 0.1) is 17.7 Å². The van der Waals surface area contributed by atoms with Crippen LogP contribution in [0, 0.1) is 13.8 Å². The first-order valence-electron chi connectivity index (χ1n) is 11.4. The van der Waals surface area contributed by atoms with Gasteiger partial charge in [0.25, 0.3) is 11.7 Å². The van der Waals surface area contributed by atoms with Crippen molar-refractivity contribution < 1.29 is 19.4 Å². The highest BCUT2D eigenvalue weighted by atomic mass is 16.5. The fourth-order valence-electron chi connectivity index (χ4n) is 4.03. The maximum absolute atomic E-state index is 13.1. The summed E-state index contributed by atoms with van der Waals surface area (Å²) < 4.78 is 5.74. The third kappa shape index (κ3) is 4.87. The molecule has 1 saturated heterocycles. The molecule has 0 saturated carbocycles. The van der Waals surface area contributed by atoms with Gasteiger partial charge in [-0.1, -0.05) is 44.0 Å². The zero-order chi connectivity index (χ0) is 23.4. The van der Waals surface area contributed by atoms with Crippen LogP contribution in [0.2, 0.25) is 0 Å². The Bertz CT molecular complexity index is 1020. The van der Waals surface area contributed by atoms with E-state index in [1.807, 2.05) is 64.1 Å². The molecule has 1 amide bonds. The molecule has 1 aliphatic rings. The number of unbranched alkanes of at least 4 members (excludes halogenated alkanes) is 2. The van der Waals surface area contributed by atoms with Crippen molar-refractivity contribution in [1.29, 1.82) is 0 Å². The number of amides is 1. The van der Waals surface area contributed by atoms with Crippen molar-refractivity contribution in [3.05, 3.63) is 70.3 Å². The Hall–Kier alpha value is -3.08. The van der Waals surface area contributed by atoms with Crippen LogP contribution in [0.5, 0.6) is 5.75 Å². The van der Waals surface area contributed by atoms with Gasteiger partial charge in [-0.05, 0) is 69.0 Å². The highest BCUT2D eigenvalue weighted by Gasteiger charge is 2.45. The third-order valence-corrected chi connectivity index (χ3v) is 5.89. The van der Waals surface area contributed by atoms with Crippen molar-refractivity contribution in [1.82, 2.24) is 4.90 Å². The summed E-state index contributed by atoms with van der Waals surface area (Å²) in [7, 11) is 0. The van der Waals surface area contributed by atoms with Crippen LogP contribution in [-0.2, 0) is 9.59 Å². The lowest BCUT2D eigenvalue weighted by atomic mass is 9.94. The van der Waals surface area contributed by atoms with Crippen molar-refractivity contribution in [2.75, 3.05) is 6.54 Å². The van der Waals surface area contributed by atoms with Gasteiger partial charge in [-0.2, -0.15) is 0 Å². The second-order valence-corrected chi connectivity index (χ2v) is 8.73. The summed E-state index contributed by atoms with van der Waals surface area (Å²) in [5, 5.41) is 11.2. The quantitative estimate of drug-likeness (QED) is 0.250. The van der Waals surface area contributed by atoms with E-state index in [9.17, 15) is 14.7 Å². The van der Waals surface area contributed by atoms with E-state index in [2.05, 4.69) is 6.92 Å². The number of benzene rings is 2. The van der Waals surface area contributed by atoms with Crippen LogP contribution in [0.4, 0.5) is 0 Å². The lowest BCUT2D eigenvalue weighted by Gasteiger charge is -2.25. The summed E-state index contributed by atoms with van der Waals surface area (Å²) in [5.74, 6) is -0.596. The highest BCUT2D eigenvalue weighted by molar-refractivity contribution is 6.46. The molecule has 1 aliphatic heterocycles. The molecule has 1 heterocycles. The number of aryl methyl sites for hydroxylation is 2. The van der Waals surface area contributed by atoms with Gasteiger partial charge in [-0.25, -0.2) is 0 Å². The molecule has 1 unspecified atom stereocenters. The molecule has 0 radical (unpaired) electrons. The molecule has 2 aromatic carbocycles. The lowest BCUT2D eigenvalue weighted by molar-refractivity contribution is -0.139. The van der Waals surface area contributed by atoms with Crippen molar-refractivity contribution in [2.24, 2.45) is 0 Å². The van der Waals surface area contributed by atoms with Crippen LogP contribution in [0.3, 0.4) is 0 Å². The minimum absolute atomic E-state index is 0.0466. The molecule has 1 atom stereocenters. The number of ether oxygens (including phenoxy) is 1. The van der Waals surface area contributed by atoms with Gasteiger partial charge in [0.15, 0.2) is 0 Å². The molecule has 0 spiro atoms. The number of hydrogen-bond acceptors (Lipinski definition) is 4. The summed E-state index contributed by atoms with van der Waals surface area (Å²) >= 11 is 0. The van der Waals surface area contributed by atoms with E-state index in [-0.39, 0.29) is 17.4 Å².